The number of hydrogen-bond acceptors (Lipinski definition) is 1. The van der Waals surface area contributed by atoms with Crippen molar-refractivity contribution in [3.05, 3.63) is 33.5 Å². The Balaban J connectivity index is 3.46. The summed E-state index contributed by atoms with van der Waals surface area (Å²) in [7, 11) is 0. The maximum absolute atomic E-state index is 12.6. The smallest absolute Gasteiger partial charge is 0.319 e. The molecule has 0 radical (unpaired) electrons. The Morgan fingerprint density at radius 2 is 1.80 bits per heavy atom. The van der Waals surface area contributed by atoms with E-state index >= 15 is 0 Å². The molecule has 0 fully saturated rings. The van der Waals surface area contributed by atoms with Gasteiger partial charge in [-0.3, -0.25) is 4.79 Å². The highest BCUT2D eigenvalue weighted by atomic mass is 19.4. The van der Waals surface area contributed by atoms with Gasteiger partial charge >= 0.3 is 6.18 Å². The zero-order valence-corrected chi connectivity index (χ0v) is 6.83. The van der Waals surface area contributed by atoms with Crippen LogP contribution in [0.15, 0.2) is 10.9 Å². The highest BCUT2D eigenvalue weighted by Crippen LogP contribution is 2.31. The van der Waals surface area contributed by atoms with Gasteiger partial charge in [-0.15, -0.1) is 0 Å². The van der Waals surface area contributed by atoms with Crippen molar-refractivity contribution >= 4 is 0 Å². The first-order valence-corrected chi connectivity index (χ1v) is 3.51. The zero-order valence-electron chi connectivity index (χ0n) is 6.83. The summed E-state index contributed by atoms with van der Waals surface area (Å²) in [5.74, 6) is -2.12. The molecule has 0 saturated carbocycles. The Labute approximate surface area is 78.5 Å². The van der Waals surface area contributed by atoms with Gasteiger partial charge in [0.25, 0.3) is 12.0 Å². The molecule has 0 spiro atoms. The number of nitrogens with one attached hydrogen (secondary N) is 1. The van der Waals surface area contributed by atoms with Gasteiger partial charge in [-0.05, 0) is 6.07 Å². The minimum absolute atomic E-state index is 0.124. The van der Waals surface area contributed by atoms with E-state index in [4.69, 9.17) is 0 Å². The average Bonchev–Trinajstić information content (AvgIpc) is 2.06. The van der Waals surface area contributed by atoms with Gasteiger partial charge < -0.3 is 4.98 Å². The first-order chi connectivity index (χ1) is 6.73. The van der Waals surface area contributed by atoms with Crippen LogP contribution in [0.2, 0.25) is 0 Å². The second kappa shape index (κ2) is 3.59. The van der Waals surface area contributed by atoms with Crippen molar-refractivity contribution in [1.82, 2.24) is 4.98 Å². The molecule has 15 heavy (non-hydrogen) atoms. The fourth-order valence-corrected chi connectivity index (χ4v) is 0.887. The quantitative estimate of drug-likeness (QED) is 0.740. The third-order valence-corrected chi connectivity index (χ3v) is 1.53. The molecular weight excluding hydrogens is 228 g/mol. The lowest BCUT2D eigenvalue weighted by atomic mass is 10.2. The number of aromatic amines is 1. The van der Waals surface area contributed by atoms with Gasteiger partial charge in [-0.2, -0.15) is 13.2 Å². The fraction of sp³-hybridized carbons (Fsp3) is 0.286. The summed E-state index contributed by atoms with van der Waals surface area (Å²) in [4.78, 5) is 11.9. The van der Waals surface area contributed by atoms with Crippen LogP contribution in [-0.4, -0.2) is 4.98 Å². The predicted octanol–water partition coefficient (Wildman–Crippen LogP) is 2.47. The molecule has 0 aromatic carbocycles. The fourth-order valence-electron chi connectivity index (χ4n) is 0.887. The molecule has 1 aromatic heterocycles. The lowest BCUT2D eigenvalue weighted by Crippen LogP contribution is -2.21. The molecule has 0 bridgehead atoms. The standard InChI is InChI=1S/C7H3F6NO/c8-4-2(7(11,12)13)1-3(5(9)10)14-6(4)15/h1,5H,(H,14,15). The van der Waals surface area contributed by atoms with Crippen LogP contribution in [0.1, 0.15) is 17.7 Å². The molecule has 0 atom stereocenters. The third kappa shape index (κ3) is 2.31. The van der Waals surface area contributed by atoms with Crippen LogP contribution in [0.5, 0.6) is 0 Å². The van der Waals surface area contributed by atoms with E-state index in [1.54, 1.807) is 0 Å². The number of halogens is 6. The van der Waals surface area contributed by atoms with Crippen molar-refractivity contribution in [3.63, 3.8) is 0 Å². The topological polar surface area (TPSA) is 32.9 Å². The highest BCUT2D eigenvalue weighted by molar-refractivity contribution is 5.22. The number of H-pyrrole nitrogens is 1. The van der Waals surface area contributed by atoms with Crippen molar-refractivity contribution in [2.45, 2.75) is 12.6 Å². The van der Waals surface area contributed by atoms with Crippen molar-refractivity contribution in [2.24, 2.45) is 0 Å². The van der Waals surface area contributed by atoms with E-state index < -0.39 is 35.2 Å². The Morgan fingerprint density at radius 1 is 1.27 bits per heavy atom. The summed E-state index contributed by atoms with van der Waals surface area (Å²) in [5, 5.41) is 0. The molecule has 1 N–H and O–H groups in total. The van der Waals surface area contributed by atoms with Gasteiger partial charge in [0.1, 0.15) is 0 Å². The second-order valence-corrected chi connectivity index (χ2v) is 2.58. The van der Waals surface area contributed by atoms with Gasteiger partial charge in [0.15, 0.2) is 5.82 Å². The van der Waals surface area contributed by atoms with E-state index in [9.17, 15) is 31.1 Å². The molecule has 0 aliphatic carbocycles. The first-order valence-electron chi connectivity index (χ1n) is 3.51. The van der Waals surface area contributed by atoms with Crippen LogP contribution in [0, 0.1) is 5.82 Å². The SMILES string of the molecule is O=c1[nH]c(C(F)F)cc(C(F)(F)F)c1F. The molecular formula is C7H3F6NO. The number of alkyl halides is 5. The average molecular weight is 231 g/mol. The molecule has 1 aromatic rings. The van der Waals surface area contributed by atoms with Crippen LogP contribution in [-0.2, 0) is 6.18 Å². The molecule has 2 nitrogen and oxygen atoms in total. The van der Waals surface area contributed by atoms with Crippen LogP contribution >= 0.6 is 0 Å². The van der Waals surface area contributed by atoms with E-state index in [1.165, 1.54) is 4.98 Å². The summed E-state index contributed by atoms with van der Waals surface area (Å²) in [6.07, 6.45) is -8.48. The van der Waals surface area contributed by atoms with Crippen molar-refractivity contribution in [1.29, 1.82) is 0 Å². The van der Waals surface area contributed by atoms with E-state index in [0.717, 1.165) is 0 Å². The van der Waals surface area contributed by atoms with Gasteiger partial charge in [0.05, 0.1) is 11.3 Å². The number of hydrogen-bond donors (Lipinski definition) is 1. The monoisotopic (exact) mass is 231 g/mol. The van der Waals surface area contributed by atoms with E-state index in [1.807, 2.05) is 0 Å². The number of aromatic nitrogens is 1. The van der Waals surface area contributed by atoms with Gasteiger partial charge in [-0.25, -0.2) is 13.2 Å². The Kier molecular flexibility index (Phi) is 2.78. The van der Waals surface area contributed by atoms with Crippen molar-refractivity contribution < 1.29 is 26.3 Å². The Morgan fingerprint density at radius 3 is 2.20 bits per heavy atom. The maximum atomic E-state index is 12.6. The summed E-state index contributed by atoms with van der Waals surface area (Å²) < 4.78 is 72.7. The molecule has 1 heterocycles. The molecule has 84 valence electrons. The largest absolute Gasteiger partial charge is 0.419 e. The molecule has 0 saturated heterocycles. The van der Waals surface area contributed by atoms with Crippen molar-refractivity contribution in [3.8, 4) is 0 Å². The molecule has 0 amide bonds. The first kappa shape index (κ1) is 11.6. The number of rotatable bonds is 1. The Hall–Kier alpha value is -1.47. The third-order valence-electron chi connectivity index (χ3n) is 1.53. The van der Waals surface area contributed by atoms with Crippen molar-refractivity contribution in [2.75, 3.05) is 0 Å². The van der Waals surface area contributed by atoms with Crippen LogP contribution in [0.25, 0.3) is 0 Å². The van der Waals surface area contributed by atoms with E-state index in [-0.39, 0.29) is 6.07 Å². The van der Waals surface area contributed by atoms with Gasteiger partial charge in [-0.1, -0.05) is 0 Å². The highest BCUT2D eigenvalue weighted by Gasteiger charge is 2.36. The van der Waals surface area contributed by atoms with Gasteiger partial charge in [0.2, 0.25) is 0 Å². The van der Waals surface area contributed by atoms with E-state index in [2.05, 4.69) is 0 Å². The minimum Gasteiger partial charge on any atom is -0.319 e. The molecule has 8 heteroatoms. The molecule has 0 aliphatic heterocycles. The predicted molar refractivity (Wildman–Crippen MR) is 37.0 cm³/mol. The molecule has 0 aliphatic rings. The minimum atomic E-state index is -5.18. The van der Waals surface area contributed by atoms with Crippen LogP contribution < -0.4 is 5.56 Å². The second-order valence-electron chi connectivity index (χ2n) is 2.58. The summed E-state index contributed by atoms with van der Waals surface area (Å²) in [5.41, 5.74) is -5.09. The maximum Gasteiger partial charge on any atom is 0.419 e. The molecule has 0 unspecified atom stereocenters. The lowest BCUT2D eigenvalue weighted by molar-refractivity contribution is -0.140. The van der Waals surface area contributed by atoms with Gasteiger partial charge in [0, 0.05) is 0 Å². The summed E-state index contributed by atoms with van der Waals surface area (Å²) in [6.45, 7) is 0. The molecule has 1 rings (SSSR count). The Bertz CT molecular complexity index is 420. The van der Waals surface area contributed by atoms with E-state index in [0.29, 0.717) is 0 Å². The zero-order chi connectivity index (χ0) is 11.8. The van der Waals surface area contributed by atoms with Crippen LogP contribution in [0.3, 0.4) is 0 Å². The lowest BCUT2D eigenvalue weighted by Gasteiger charge is -2.08. The summed E-state index contributed by atoms with van der Waals surface area (Å²) >= 11 is 0. The van der Waals surface area contributed by atoms with Crippen LogP contribution in [0.4, 0.5) is 26.3 Å². The summed E-state index contributed by atoms with van der Waals surface area (Å²) in [6, 6.07) is -0.124. The number of pyridine rings is 1. The normalized spacial score (nSPS) is 12.2.